The van der Waals surface area contributed by atoms with Crippen LogP contribution < -0.4 is 5.32 Å². The second-order valence-electron chi connectivity index (χ2n) is 4.28. The summed E-state index contributed by atoms with van der Waals surface area (Å²) in [6.45, 7) is 1.80. The van der Waals surface area contributed by atoms with Crippen molar-refractivity contribution in [1.82, 2.24) is 0 Å². The van der Waals surface area contributed by atoms with E-state index in [0.717, 1.165) is 11.1 Å². The molecule has 19 heavy (non-hydrogen) atoms. The van der Waals surface area contributed by atoms with E-state index < -0.39 is 6.04 Å². The molecule has 1 atom stereocenters. The molecule has 1 N–H and O–H groups in total. The lowest BCUT2D eigenvalue weighted by Crippen LogP contribution is -2.08. The molecule has 0 bridgehead atoms. The van der Waals surface area contributed by atoms with Crippen molar-refractivity contribution < 1.29 is 4.39 Å². The van der Waals surface area contributed by atoms with Crippen molar-refractivity contribution in [2.45, 2.75) is 13.0 Å². The van der Waals surface area contributed by atoms with Gasteiger partial charge in [-0.15, -0.1) is 0 Å². The van der Waals surface area contributed by atoms with Gasteiger partial charge in [0.25, 0.3) is 0 Å². The SMILES string of the molecule is Cc1cc(F)cc(NC(C#N)c2ccc(Cl)cc2)c1. The van der Waals surface area contributed by atoms with Gasteiger partial charge in [0.2, 0.25) is 0 Å². The summed E-state index contributed by atoms with van der Waals surface area (Å²) in [6, 6.07) is 13.2. The minimum Gasteiger partial charge on any atom is -0.366 e. The van der Waals surface area contributed by atoms with E-state index in [1.54, 1.807) is 37.3 Å². The van der Waals surface area contributed by atoms with Gasteiger partial charge >= 0.3 is 0 Å². The Kier molecular flexibility index (Phi) is 4.03. The molecule has 0 aliphatic rings. The highest BCUT2D eigenvalue weighted by molar-refractivity contribution is 6.30. The predicted octanol–water partition coefficient (Wildman–Crippen LogP) is 4.46. The Bertz CT molecular complexity index is 597. The standard InChI is InChI=1S/C15H12ClFN2/c1-10-6-13(17)8-14(7-10)19-15(9-18)11-2-4-12(16)5-3-11/h2-8,15,19H,1H3. The fraction of sp³-hybridized carbons (Fsp3) is 0.133. The molecule has 0 amide bonds. The molecule has 0 fully saturated rings. The van der Waals surface area contributed by atoms with Gasteiger partial charge < -0.3 is 5.32 Å². The first-order chi connectivity index (χ1) is 9.08. The summed E-state index contributed by atoms with van der Waals surface area (Å²) in [4.78, 5) is 0. The quantitative estimate of drug-likeness (QED) is 0.897. The fourth-order valence-corrected chi connectivity index (χ4v) is 1.96. The van der Waals surface area contributed by atoms with E-state index in [1.807, 2.05) is 0 Å². The number of aryl methyl sites for hydroxylation is 1. The van der Waals surface area contributed by atoms with Crippen LogP contribution in [0.1, 0.15) is 17.2 Å². The number of anilines is 1. The first-order valence-electron chi connectivity index (χ1n) is 5.77. The Hall–Kier alpha value is -2.05. The Morgan fingerprint density at radius 2 is 1.89 bits per heavy atom. The smallest absolute Gasteiger partial charge is 0.140 e. The van der Waals surface area contributed by atoms with Gasteiger partial charge in [0.05, 0.1) is 6.07 Å². The van der Waals surface area contributed by atoms with Gasteiger partial charge in [0.1, 0.15) is 11.9 Å². The van der Waals surface area contributed by atoms with Gasteiger partial charge in [-0.05, 0) is 48.4 Å². The number of nitrogens with one attached hydrogen (secondary N) is 1. The van der Waals surface area contributed by atoms with E-state index >= 15 is 0 Å². The van der Waals surface area contributed by atoms with E-state index in [9.17, 15) is 9.65 Å². The van der Waals surface area contributed by atoms with E-state index in [1.165, 1.54) is 12.1 Å². The monoisotopic (exact) mass is 274 g/mol. The number of benzene rings is 2. The maximum atomic E-state index is 13.3. The first kappa shape index (κ1) is 13.4. The minimum atomic E-state index is -0.543. The normalized spacial score (nSPS) is 11.7. The number of nitriles is 1. The average molecular weight is 275 g/mol. The number of hydrogen-bond donors (Lipinski definition) is 1. The fourth-order valence-electron chi connectivity index (χ4n) is 1.83. The third-order valence-corrected chi connectivity index (χ3v) is 2.94. The highest BCUT2D eigenvalue weighted by atomic mass is 35.5. The average Bonchev–Trinajstić information content (AvgIpc) is 2.36. The molecule has 0 heterocycles. The van der Waals surface area contributed by atoms with Crippen LogP contribution in [0.3, 0.4) is 0 Å². The maximum Gasteiger partial charge on any atom is 0.140 e. The molecule has 0 radical (unpaired) electrons. The van der Waals surface area contributed by atoms with Crippen molar-refractivity contribution in [2.24, 2.45) is 0 Å². The molecule has 0 aromatic heterocycles. The van der Waals surface area contributed by atoms with E-state index in [2.05, 4.69) is 11.4 Å². The summed E-state index contributed by atoms with van der Waals surface area (Å²) in [5.41, 5.74) is 2.17. The van der Waals surface area contributed by atoms with Gasteiger partial charge in [0, 0.05) is 10.7 Å². The van der Waals surface area contributed by atoms with Crippen molar-refractivity contribution in [3.63, 3.8) is 0 Å². The molecular formula is C15H12ClFN2. The van der Waals surface area contributed by atoms with Crippen LogP contribution in [-0.2, 0) is 0 Å². The summed E-state index contributed by atoms with van der Waals surface area (Å²) >= 11 is 5.81. The number of hydrogen-bond acceptors (Lipinski definition) is 2. The zero-order valence-electron chi connectivity index (χ0n) is 10.3. The van der Waals surface area contributed by atoms with Crippen LogP contribution in [0.15, 0.2) is 42.5 Å². The Labute approximate surface area is 116 Å². The number of nitrogens with zero attached hydrogens (tertiary/aromatic N) is 1. The predicted molar refractivity (Wildman–Crippen MR) is 74.6 cm³/mol. The molecule has 0 spiro atoms. The Morgan fingerprint density at radius 1 is 1.21 bits per heavy atom. The first-order valence-corrected chi connectivity index (χ1v) is 6.15. The topological polar surface area (TPSA) is 35.8 Å². The number of rotatable bonds is 3. The summed E-state index contributed by atoms with van der Waals surface area (Å²) in [5, 5.41) is 12.8. The Balaban J connectivity index is 2.24. The van der Waals surface area contributed by atoms with Crippen molar-refractivity contribution in [2.75, 3.05) is 5.32 Å². The lowest BCUT2D eigenvalue weighted by molar-refractivity contribution is 0.627. The molecule has 0 saturated carbocycles. The zero-order chi connectivity index (χ0) is 13.8. The van der Waals surface area contributed by atoms with Crippen molar-refractivity contribution in [3.8, 4) is 6.07 Å². The molecule has 0 saturated heterocycles. The van der Waals surface area contributed by atoms with Gasteiger partial charge in [-0.25, -0.2) is 4.39 Å². The zero-order valence-corrected chi connectivity index (χ0v) is 11.1. The summed E-state index contributed by atoms with van der Waals surface area (Å²) < 4.78 is 13.3. The molecule has 2 nitrogen and oxygen atoms in total. The molecule has 0 aliphatic heterocycles. The van der Waals surface area contributed by atoms with Crippen LogP contribution in [-0.4, -0.2) is 0 Å². The highest BCUT2D eigenvalue weighted by Gasteiger charge is 2.10. The maximum absolute atomic E-state index is 13.3. The summed E-state index contributed by atoms with van der Waals surface area (Å²) in [6.07, 6.45) is 0. The molecule has 2 rings (SSSR count). The van der Waals surface area contributed by atoms with Crippen LogP contribution in [0.25, 0.3) is 0 Å². The largest absolute Gasteiger partial charge is 0.366 e. The second kappa shape index (κ2) is 5.73. The van der Waals surface area contributed by atoms with Crippen LogP contribution in [0, 0.1) is 24.1 Å². The summed E-state index contributed by atoms with van der Waals surface area (Å²) in [5.74, 6) is -0.324. The van der Waals surface area contributed by atoms with Crippen LogP contribution in [0.4, 0.5) is 10.1 Å². The van der Waals surface area contributed by atoms with Crippen molar-refractivity contribution in [3.05, 3.63) is 64.4 Å². The van der Waals surface area contributed by atoms with E-state index in [4.69, 9.17) is 11.6 Å². The van der Waals surface area contributed by atoms with Crippen molar-refractivity contribution >= 4 is 17.3 Å². The molecule has 2 aromatic carbocycles. The third kappa shape index (κ3) is 3.46. The van der Waals surface area contributed by atoms with Gasteiger partial charge in [-0.1, -0.05) is 23.7 Å². The van der Waals surface area contributed by atoms with E-state index in [-0.39, 0.29) is 5.82 Å². The molecule has 1 unspecified atom stereocenters. The minimum absolute atomic E-state index is 0.324. The van der Waals surface area contributed by atoms with Crippen LogP contribution in [0.2, 0.25) is 5.02 Å². The highest BCUT2D eigenvalue weighted by Crippen LogP contribution is 2.22. The molecule has 0 aliphatic carbocycles. The van der Waals surface area contributed by atoms with E-state index in [0.29, 0.717) is 10.7 Å². The molecule has 96 valence electrons. The van der Waals surface area contributed by atoms with Crippen molar-refractivity contribution in [1.29, 1.82) is 5.26 Å². The van der Waals surface area contributed by atoms with Gasteiger partial charge in [-0.3, -0.25) is 0 Å². The van der Waals surface area contributed by atoms with Gasteiger partial charge in [0.15, 0.2) is 0 Å². The van der Waals surface area contributed by atoms with Gasteiger partial charge in [-0.2, -0.15) is 5.26 Å². The van der Waals surface area contributed by atoms with Crippen LogP contribution in [0.5, 0.6) is 0 Å². The molecule has 2 aromatic rings. The lowest BCUT2D eigenvalue weighted by atomic mass is 10.1. The third-order valence-electron chi connectivity index (χ3n) is 2.69. The molecule has 4 heteroatoms. The number of halogens is 2. The Morgan fingerprint density at radius 3 is 2.47 bits per heavy atom. The lowest BCUT2D eigenvalue weighted by Gasteiger charge is -2.14. The molecular weight excluding hydrogens is 263 g/mol. The summed E-state index contributed by atoms with van der Waals surface area (Å²) in [7, 11) is 0. The van der Waals surface area contributed by atoms with Crippen LogP contribution >= 0.6 is 11.6 Å². The second-order valence-corrected chi connectivity index (χ2v) is 4.71.